The molecule has 36 heavy (non-hydrogen) atoms. The molecule has 13 N–H and O–H groups in total. The Labute approximate surface area is 227 Å². The minimum Gasteiger partial charge on any atom is -0.344 e. The Morgan fingerprint density at radius 3 is 1.47 bits per heavy atom. The number of benzene rings is 2. The van der Waals surface area contributed by atoms with Gasteiger partial charge in [-0.3, -0.25) is 0 Å². The van der Waals surface area contributed by atoms with Gasteiger partial charge in [-0.05, 0) is 61.8 Å². The molecule has 208 valence electrons. The van der Waals surface area contributed by atoms with Gasteiger partial charge in [0.25, 0.3) is 0 Å². The van der Waals surface area contributed by atoms with Gasteiger partial charge in [-0.2, -0.15) is 15.0 Å². The van der Waals surface area contributed by atoms with Crippen LogP contribution in [0.2, 0.25) is 0 Å². The number of hydrogen-bond donors (Lipinski definition) is 5. The number of piperidine rings is 2. The van der Waals surface area contributed by atoms with Crippen molar-refractivity contribution in [3.05, 3.63) is 54.6 Å². The Hall–Kier alpha value is -3.02. The van der Waals surface area contributed by atoms with E-state index in [-0.39, 0.29) is 42.7 Å². The highest BCUT2D eigenvalue weighted by atomic mass is 35.5. The topological polar surface area (TPSA) is 197 Å². The fourth-order valence-corrected chi connectivity index (χ4v) is 4.39. The number of anilines is 4. The first-order chi connectivity index (χ1) is 15.3. The van der Waals surface area contributed by atoms with Crippen LogP contribution in [0.5, 0.6) is 0 Å². The number of aromatic nitrogens is 3. The van der Waals surface area contributed by atoms with E-state index >= 15 is 0 Å². The van der Waals surface area contributed by atoms with Crippen LogP contribution in [-0.2, 0) is 0 Å². The third-order valence-corrected chi connectivity index (χ3v) is 6.14. The average Bonchev–Trinajstić information content (AvgIpc) is 2.86. The van der Waals surface area contributed by atoms with Crippen LogP contribution in [0.3, 0.4) is 0 Å². The quantitative estimate of drug-likeness (QED) is 0.224. The van der Waals surface area contributed by atoms with Gasteiger partial charge in [-0.15, -0.1) is 12.4 Å². The van der Waals surface area contributed by atoms with E-state index in [1.165, 1.54) is 49.7 Å². The van der Waals surface area contributed by atoms with Crippen molar-refractivity contribution in [1.82, 2.24) is 39.6 Å². The molecule has 0 saturated carbocycles. The molecule has 0 atom stereocenters. The molecule has 1 aromatic heterocycles. The SMILES string of the molecule is Cl.N.N.N.N.[HH].[HH].[HH].[HH].c1ccc(-c2ccc(Nc3nc(N4CCCCC4)nc(N4CCCCC4)n3)cc2)cc1. The first-order valence-corrected chi connectivity index (χ1v) is 11.5. The fourth-order valence-electron chi connectivity index (χ4n) is 4.39. The molecule has 3 heterocycles. The van der Waals surface area contributed by atoms with E-state index in [4.69, 9.17) is 15.0 Å². The summed E-state index contributed by atoms with van der Waals surface area (Å²) >= 11 is 0. The standard InChI is InChI=1S/C25H30N6.ClH.4H3N.4H2/c1-4-10-20(11-5-1)21-12-14-22(15-13-21)26-23-27-24(30-16-6-2-7-17-30)29-25(28-23)31-18-8-3-9-19-31;;;;;;;;;/h1,4-5,10-15H,2-3,6-9,16-19H2,(H,26,27,28,29);1H;4*1H3;4*1H. The molecule has 2 saturated heterocycles. The second-order valence-corrected chi connectivity index (χ2v) is 8.42. The van der Waals surface area contributed by atoms with Crippen LogP contribution in [-0.4, -0.2) is 41.1 Å². The van der Waals surface area contributed by atoms with Crippen LogP contribution in [0, 0.1) is 0 Å². The third kappa shape index (κ3) is 8.00. The highest BCUT2D eigenvalue weighted by Crippen LogP contribution is 2.25. The van der Waals surface area contributed by atoms with E-state index in [0.717, 1.165) is 43.8 Å². The van der Waals surface area contributed by atoms with Crippen LogP contribution in [0.1, 0.15) is 44.2 Å². The molecule has 11 heteroatoms. The Bertz CT molecular complexity index is 974. The minimum absolute atomic E-state index is 0. The highest BCUT2D eigenvalue weighted by molar-refractivity contribution is 5.85. The van der Waals surface area contributed by atoms with Gasteiger partial charge in [0, 0.05) is 37.6 Å². The Morgan fingerprint density at radius 1 is 0.556 bits per heavy atom. The van der Waals surface area contributed by atoms with Crippen LogP contribution in [0.4, 0.5) is 23.5 Å². The molecule has 2 aromatic carbocycles. The van der Waals surface area contributed by atoms with Crippen LogP contribution in [0.25, 0.3) is 11.1 Å². The van der Waals surface area contributed by atoms with E-state index in [0.29, 0.717) is 5.95 Å². The van der Waals surface area contributed by atoms with Crippen molar-refractivity contribution < 1.29 is 5.71 Å². The lowest BCUT2D eigenvalue weighted by Crippen LogP contribution is -2.34. The molecular weight excluding hydrogens is 476 g/mol. The highest BCUT2D eigenvalue weighted by Gasteiger charge is 2.20. The van der Waals surface area contributed by atoms with Crippen LogP contribution in [0.15, 0.2) is 54.6 Å². The number of rotatable bonds is 5. The van der Waals surface area contributed by atoms with Crippen molar-refractivity contribution in [3.8, 4) is 11.1 Å². The lowest BCUT2D eigenvalue weighted by Gasteiger charge is -2.30. The Kier molecular flexibility index (Phi) is 14.5. The molecule has 0 spiro atoms. The van der Waals surface area contributed by atoms with Crippen molar-refractivity contribution in [1.29, 1.82) is 0 Å². The van der Waals surface area contributed by atoms with Gasteiger partial charge in [0.2, 0.25) is 17.8 Å². The van der Waals surface area contributed by atoms with Crippen molar-refractivity contribution >= 4 is 35.9 Å². The molecule has 3 aromatic rings. The maximum absolute atomic E-state index is 4.87. The zero-order chi connectivity index (χ0) is 20.9. The summed E-state index contributed by atoms with van der Waals surface area (Å²) in [6, 6.07) is 18.9. The van der Waals surface area contributed by atoms with E-state index in [9.17, 15) is 0 Å². The largest absolute Gasteiger partial charge is 0.344 e. The van der Waals surface area contributed by atoms with Gasteiger partial charge < -0.3 is 39.7 Å². The molecule has 2 aliphatic heterocycles. The van der Waals surface area contributed by atoms with Crippen molar-refractivity contribution in [2.45, 2.75) is 38.5 Å². The summed E-state index contributed by atoms with van der Waals surface area (Å²) in [5, 5.41) is 3.43. The van der Waals surface area contributed by atoms with Crippen molar-refractivity contribution in [3.63, 3.8) is 0 Å². The maximum Gasteiger partial charge on any atom is 0.233 e. The van der Waals surface area contributed by atoms with Gasteiger partial charge in [0.05, 0.1) is 0 Å². The molecule has 0 radical (unpaired) electrons. The second kappa shape index (κ2) is 15.9. The fraction of sp³-hybridized carbons (Fsp3) is 0.400. The summed E-state index contributed by atoms with van der Waals surface area (Å²) in [7, 11) is 0. The summed E-state index contributed by atoms with van der Waals surface area (Å²) in [5.41, 5.74) is 3.40. The molecule has 5 rings (SSSR count). The number of hydrogen-bond acceptors (Lipinski definition) is 10. The van der Waals surface area contributed by atoms with E-state index in [1.54, 1.807) is 0 Å². The molecule has 10 nitrogen and oxygen atoms in total. The molecule has 0 amide bonds. The lowest BCUT2D eigenvalue weighted by atomic mass is 10.1. The van der Waals surface area contributed by atoms with E-state index < -0.39 is 0 Å². The zero-order valence-corrected chi connectivity index (χ0v) is 22.1. The van der Waals surface area contributed by atoms with Crippen LogP contribution < -0.4 is 39.7 Å². The first kappa shape index (κ1) is 33.0. The number of nitrogens with one attached hydrogen (secondary N) is 1. The number of nitrogens with zero attached hydrogens (tertiary/aromatic N) is 5. The predicted molar refractivity (Wildman–Crippen MR) is 163 cm³/mol. The summed E-state index contributed by atoms with van der Waals surface area (Å²) in [5.74, 6) is 2.24. The molecule has 0 unspecified atom stereocenters. The summed E-state index contributed by atoms with van der Waals surface area (Å²) in [6.45, 7) is 4.09. The molecule has 2 aliphatic rings. The minimum atomic E-state index is 0. The predicted octanol–water partition coefficient (Wildman–Crippen LogP) is 7.32. The van der Waals surface area contributed by atoms with Crippen LogP contribution >= 0.6 is 12.4 Å². The summed E-state index contributed by atoms with van der Waals surface area (Å²) in [6.07, 6.45) is 7.39. The van der Waals surface area contributed by atoms with Gasteiger partial charge in [-0.25, -0.2) is 0 Å². The first-order valence-electron chi connectivity index (χ1n) is 11.5. The lowest BCUT2D eigenvalue weighted by molar-refractivity contribution is 0.556. The Morgan fingerprint density at radius 2 is 1.00 bits per heavy atom. The number of halogens is 1. The van der Waals surface area contributed by atoms with Crippen molar-refractivity contribution in [2.24, 2.45) is 0 Å². The summed E-state index contributed by atoms with van der Waals surface area (Å²) in [4.78, 5) is 19.1. The second-order valence-electron chi connectivity index (χ2n) is 8.42. The monoisotopic (exact) mass is 526 g/mol. The summed E-state index contributed by atoms with van der Waals surface area (Å²) < 4.78 is 0. The van der Waals surface area contributed by atoms with Crippen molar-refractivity contribution in [2.75, 3.05) is 41.3 Å². The van der Waals surface area contributed by atoms with Gasteiger partial charge >= 0.3 is 0 Å². The van der Waals surface area contributed by atoms with Gasteiger partial charge in [0.15, 0.2) is 0 Å². The molecule has 0 aliphatic carbocycles. The molecule has 2 fully saturated rings. The zero-order valence-electron chi connectivity index (χ0n) is 21.2. The Balaban J connectivity index is -0.000000454. The van der Waals surface area contributed by atoms with E-state index in [1.807, 2.05) is 6.07 Å². The van der Waals surface area contributed by atoms with Gasteiger partial charge in [0.1, 0.15) is 0 Å². The van der Waals surface area contributed by atoms with Gasteiger partial charge in [-0.1, -0.05) is 42.5 Å². The molecular formula is C25H51ClN10. The average molecular weight is 527 g/mol. The third-order valence-electron chi connectivity index (χ3n) is 6.14. The smallest absolute Gasteiger partial charge is 0.233 e. The molecule has 0 bridgehead atoms. The normalized spacial score (nSPS) is 14.6. The maximum atomic E-state index is 4.87. The van der Waals surface area contributed by atoms with E-state index in [2.05, 4.69) is 63.6 Å².